The lowest BCUT2D eigenvalue weighted by Crippen LogP contribution is -1.96. The lowest BCUT2D eigenvalue weighted by molar-refractivity contribution is 0.660. The van der Waals surface area contributed by atoms with E-state index >= 15 is 0 Å². The van der Waals surface area contributed by atoms with Crippen molar-refractivity contribution in [1.82, 2.24) is 0 Å². The van der Waals surface area contributed by atoms with Crippen molar-refractivity contribution in [2.75, 3.05) is 4.43 Å². The first-order chi connectivity index (χ1) is 4.81. The van der Waals surface area contributed by atoms with Gasteiger partial charge in [-0.2, -0.15) is 0 Å². The molecule has 10 heavy (non-hydrogen) atoms. The third kappa shape index (κ3) is 7.57. The predicted octanol–water partition coefficient (Wildman–Crippen LogP) is 4.20. The Morgan fingerprint density at radius 1 is 1.20 bits per heavy atom. The second-order valence-electron chi connectivity index (χ2n) is 2.57. The van der Waals surface area contributed by atoms with Crippen LogP contribution in [0.15, 0.2) is 0 Å². The van der Waals surface area contributed by atoms with Gasteiger partial charge in [0, 0.05) is 3.92 Å². The lowest BCUT2D eigenvalue weighted by atomic mass is 10.1. The molecule has 0 radical (unpaired) electrons. The second kappa shape index (κ2) is 8.56. The Hall–Kier alpha value is 1.46. The van der Waals surface area contributed by atoms with Crippen molar-refractivity contribution in [1.29, 1.82) is 0 Å². The largest absolute Gasteiger partial charge is 0.0864 e. The van der Waals surface area contributed by atoms with Gasteiger partial charge in [0.25, 0.3) is 0 Å². The Morgan fingerprint density at radius 2 is 1.90 bits per heavy atom. The van der Waals surface area contributed by atoms with E-state index in [4.69, 9.17) is 0 Å². The number of unbranched alkanes of at least 4 members (excludes halogenated alkanes) is 1. The summed E-state index contributed by atoms with van der Waals surface area (Å²) < 4.78 is 2.26. The average Bonchev–Trinajstić information content (AvgIpc) is 1.89. The molecule has 1 unspecified atom stereocenters. The van der Waals surface area contributed by atoms with Crippen molar-refractivity contribution in [2.24, 2.45) is 0 Å². The number of rotatable bonds is 6. The monoisotopic (exact) mass is 366 g/mol. The molecular weight excluding hydrogens is 350 g/mol. The van der Waals surface area contributed by atoms with Crippen molar-refractivity contribution < 1.29 is 0 Å². The van der Waals surface area contributed by atoms with Gasteiger partial charge in [-0.15, -0.1) is 0 Å². The third-order valence-electron chi connectivity index (χ3n) is 1.50. The number of alkyl halides is 2. The van der Waals surface area contributed by atoms with Crippen LogP contribution >= 0.6 is 45.2 Å². The normalized spacial score (nSPS) is 13.5. The number of halogens is 2. The first kappa shape index (κ1) is 11.5. The van der Waals surface area contributed by atoms with Crippen molar-refractivity contribution in [3.8, 4) is 0 Å². The Kier molecular flexibility index (Phi) is 9.80. The topological polar surface area (TPSA) is 0 Å². The Morgan fingerprint density at radius 3 is 2.40 bits per heavy atom. The fraction of sp³-hybridized carbons (Fsp3) is 1.00. The highest BCUT2D eigenvalue weighted by molar-refractivity contribution is 14.1. The molecule has 0 aromatic carbocycles. The molecule has 0 nitrogen and oxygen atoms in total. The van der Waals surface area contributed by atoms with Crippen LogP contribution in [0.2, 0.25) is 0 Å². The summed E-state index contributed by atoms with van der Waals surface area (Å²) in [5.41, 5.74) is 0. The van der Waals surface area contributed by atoms with Crippen LogP contribution in [0.4, 0.5) is 0 Å². The van der Waals surface area contributed by atoms with E-state index in [2.05, 4.69) is 52.1 Å². The Bertz CT molecular complexity index is 64.3. The van der Waals surface area contributed by atoms with E-state index in [1.807, 2.05) is 0 Å². The molecule has 0 amide bonds. The molecule has 0 heterocycles. The van der Waals surface area contributed by atoms with E-state index in [9.17, 15) is 0 Å². The van der Waals surface area contributed by atoms with E-state index in [1.54, 1.807) is 0 Å². The summed E-state index contributed by atoms with van der Waals surface area (Å²) in [5, 5.41) is 0. The zero-order valence-electron chi connectivity index (χ0n) is 6.58. The first-order valence-corrected chi connectivity index (χ1v) is 6.78. The molecule has 1 atom stereocenters. The highest BCUT2D eigenvalue weighted by Gasteiger charge is 2.00. The minimum atomic E-state index is 0.936. The van der Waals surface area contributed by atoms with Crippen LogP contribution in [-0.2, 0) is 0 Å². The van der Waals surface area contributed by atoms with Crippen LogP contribution < -0.4 is 0 Å². The fourth-order valence-electron chi connectivity index (χ4n) is 0.918. The predicted molar refractivity (Wildman–Crippen MR) is 65.5 cm³/mol. The summed E-state index contributed by atoms with van der Waals surface area (Å²) in [4.78, 5) is 0. The highest BCUT2D eigenvalue weighted by Crippen LogP contribution is 2.16. The third-order valence-corrected chi connectivity index (χ3v) is 3.51. The maximum absolute atomic E-state index is 2.58. The minimum Gasteiger partial charge on any atom is -0.0864 e. The average molecular weight is 366 g/mol. The molecular formula is C8H16I2. The van der Waals surface area contributed by atoms with Crippen LogP contribution in [0.5, 0.6) is 0 Å². The molecule has 0 aliphatic heterocycles. The summed E-state index contributed by atoms with van der Waals surface area (Å²) in [6.07, 6.45) is 7.01. The van der Waals surface area contributed by atoms with Gasteiger partial charge in [0.05, 0.1) is 0 Å². The van der Waals surface area contributed by atoms with Gasteiger partial charge in [-0.05, 0) is 23.7 Å². The molecule has 2 heteroatoms. The molecule has 0 spiro atoms. The van der Waals surface area contributed by atoms with Gasteiger partial charge in [0.1, 0.15) is 0 Å². The van der Waals surface area contributed by atoms with Crippen LogP contribution in [0.25, 0.3) is 0 Å². The summed E-state index contributed by atoms with van der Waals surface area (Å²) in [6, 6.07) is 0. The molecule has 0 aromatic rings. The molecule has 0 bridgehead atoms. The molecule has 0 N–H and O–H groups in total. The smallest absolute Gasteiger partial charge is 0.0109 e. The van der Waals surface area contributed by atoms with E-state index in [-0.39, 0.29) is 0 Å². The molecule has 0 rings (SSSR count). The summed E-state index contributed by atoms with van der Waals surface area (Å²) >= 11 is 5.03. The second-order valence-corrected chi connectivity index (χ2v) is 5.41. The van der Waals surface area contributed by atoms with Crippen LogP contribution in [-0.4, -0.2) is 8.35 Å². The molecule has 0 aliphatic rings. The van der Waals surface area contributed by atoms with Gasteiger partial charge < -0.3 is 0 Å². The molecule has 0 saturated carbocycles. The summed E-state index contributed by atoms with van der Waals surface area (Å²) in [5.74, 6) is 0. The van der Waals surface area contributed by atoms with E-state index < -0.39 is 0 Å². The van der Waals surface area contributed by atoms with E-state index in [0.29, 0.717) is 0 Å². The van der Waals surface area contributed by atoms with Gasteiger partial charge in [0.2, 0.25) is 0 Å². The first-order valence-electron chi connectivity index (χ1n) is 4.01. The molecule has 62 valence electrons. The van der Waals surface area contributed by atoms with Crippen LogP contribution in [0.3, 0.4) is 0 Å². The summed E-state index contributed by atoms with van der Waals surface area (Å²) in [6.45, 7) is 2.27. The zero-order chi connectivity index (χ0) is 7.82. The minimum absolute atomic E-state index is 0.936. The molecule has 0 aromatic heterocycles. The standard InChI is InChI=1S/C8H16I2/c1-2-5-8(10)6-3-4-7-9/h8H,2-7H2,1H3. The lowest BCUT2D eigenvalue weighted by Gasteiger charge is -2.05. The fourth-order valence-corrected chi connectivity index (χ4v) is 2.52. The number of hydrogen-bond acceptors (Lipinski definition) is 0. The van der Waals surface area contributed by atoms with Crippen LogP contribution in [0, 0.1) is 0 Å². The maximum Gasteiger partial charge on any atom is 0.0109 e. The molecule has 0 saturated heterocycles. The zero-order valence-corrected chi connectivity index (χ0v) is 10.9. The van der Waals surface area contributed by atoms with E-state index in [1.165, 1.54) is 36.5 Å². The Balaban J connectivity index is 2.97. The van der Waals surface area contributed by atoms with Gasteiger partial charge in [-0.1, -0.05) is 64.9 Å². The van der Waals surface area contributed by atoms with Gasteiger partial charge in [-0.3, -0.25) is 0 Å². The van der Waals surface area contributed by atoms with Crippen molar-refractivity contribution in [2.45, 2.75) is 43.0 Å². The van der Waals surface area contributed by atoms with Crippen LogP contribution in [0.1, 0.15) is 39.0 Å². The van der Waals surface area contributed by atoms with Gasteiger partial charge >= 0.3 is 0 Å². The van der Waals surface area contributed by atoms with Crippen molar-refractivity contribution in [3.05, 3.63) is 0 Å². The maximum atomic E-state index is 2.58. The molecule has 0 aliphatic carbocycles. The van der Waals surface area contributed by atoms with Crippen molar-refractivity contribution >= 4 is 45.2 Å². The SMILES string of the molecule is CCCC(I)CCCCI. The van der Waals surface area contributed by atoms with Gasteiger partial charge in [0.15, 0.2) is 0 Å². The highest BCUT2D eigenvalue weighted by atomic mass is 127. The Labute approximate surface area is 91.8 Å². The molecule has 0 fully saturated rings. The quantitative estimate of drug-likeness (QED) is 0.376. The summed E-state index contributed by atoms with van der Waals surface area (Å²) in [7, 11) is 0. The van der Waals surface area contributed by atoms with Gasteiger partial charge in [-0.25, -0.2) is 0 Å². The number of hydrogen-bond donors (Lipinski definition) is 0. The van der Waals surface area contributed by atoms with E-state index in [0.717, 1.165) is 3.92 Å². The van der Waals surface area contributed by atoms with Crippen molar-refractivity contribution in [3.63, 3.8) is 0 Å².